The zero-order chi connectivity index (χ0) is 14.4. The van der Waals surface area contributed by atoms with Crippen LogP contribution >= 0.6 is 0 Å². The highest BCUT2D eigenvalue weighted by atomic mass is 16.2. The molecule has 0 aliphatic carbocycles. The standard InChI is InChI=1S/C14H23N5O/c1-3-4-12(2)17-14(20)19-9-7-18(8-10-19)13-11-15-5-6-16-13/h5-6,11-12H,3-4,7-10H2,1-2H3,(H,17,20). The maximum Gasteiger partial charge on any atom is 0.317 e. The molecule has 0 saturated carbocycles. The molecule has 1 aliphatic heterocycles. The lowest BCUT2D eigenvalue weighted by Crippen LogP contribution is -2.53. The van der Waals surface area contributed by atoms with Crippen LogP contribution in [0.1, 0.15) is 26.7 Å². The van der Waals surface area contributed by atoms with E-state index < -0.39 is 0 Å². The van der Waals surface area contributed by atoms with E-state index in [2.05, 4.69) is 34.0 Å². The normalized spacial score (nSPS) is 16.9. The van der Waals surface area contributed by atoms with Crippen LogP contribution in [-0.4, -0.2) is 53.1 Å². The molecule has 1 aromatic heterocycles. The Bertz CT molecular complexity index is 417. The number of urea groups is 1. The molecular weight excluding hydrogens is 254 g/mol. The molecular formula is C14H23N5O. The number of nitrogens with zero attached hydrogens (tertiary/aromatic N) is 4. The molecule has 0 aromatic carbocycles. The zero-order valence-corrected chi connectivity index (χ0v) is 12.2. The molecule has 0 spiro atoms. The molecule has 0 radical (unpaired) electrons. The summed E-state index contributed by atoms with van der Waals surface area (Å²) in [5, 5.41) is 3.05. The molecule has 1 unspecified atom stereocenters. The van der Waals surface area contributed by atoms with Crippen molar-refractivity contribution in [1.29, 1.82) is 0 Å². The van der Waals surface area contributed by atoms with E-state index in [4.69, 9.17) is 0 Å². The number of anilines is 1. The average Bonchev–Trinajstić information content (AvgIpc) is 2.48. The lowest BCUT2D eigenvalue weighted by Gasteiger charge is -2.35. The predicted octanol–water partition coefficient (Wildman–Crippen LogP) is 1.50. The van der Waals surface area contributed by atoms with Crippen LogP contribution in [0.5, 0.6) is 0 Å². The highest BCUT2D eigenvalue weighted by Crippen LogP contribution is 2.11. The van der Waals surface area contributed by atoms with Gasteiger partial charge in [0.15, 0.2) is 0 Å². The van der Waals surface area contributed by atoms with Crippen LogP contribution in [0.25, 0.3) is 0 Å². The molecule has 2 rings (SSSR count). The smallest absolute Gasteiger partial charge is 0.317 e. The lowest BCUT2D eigenvalue weighted by atomic mass is 10.2. The van der Waals surface area contributed by atoms with E-state index in [-0.39, 0.29) is 12.1 Å². The van der Waals surface area contributed by atoms with Crippen molar-refractivity contribution in [1.82, 2.24) is 20.2 Å². The lowest BCUT2D eigenvalue weighted by molar-refractivity contribution is 0.190. The fraction of sp³-hybridized carbons (Fsp3) is 0.643. The molecule has 6 heteroatoms. The molecule has 0 bridgehead atoms. The van der Waals surface area contributed by atoms with E-state index in [0.717, 1.165) is 44.8 Å². The Morgan fingerprint density at radius 1 is 1.35 bits per heavy atom. The summed E-state index contributed by atoms with van der Waals surface area (Å²) < 4.78 is 0. The molecule has 1 N–H and O–H groups in total. The van der Waals surface area contributed by atoms with Gasteiger partial charge in [-0.05, 0) is 13.3 Å². The minimum absolute atomic E-state index is 0.0461. The molecule has 1 aliphatic rings. The van der Waals surface area contributed by atoms with Crippen LogP contribution in [0.3, 0.4) is 0 Å². The van der Waals surface area contributed by atoms with Crippen molar-refractivity contribution in [2.24, 2.45) is 0 Å². The van der Waals surface area contributed by atoms with E-state index >= 15 is 0 Å². The first-order valence-corrected chi connectivity index (χ1v) is 7.27. The van der Waals surface area contributed by atoms with E-state index in [1.54, 1.807) is 18.6 Å². The van der Waals surface area contributed by atoms with Crippen molar-refractivity contribution in [3.8, 4) is 0 Å². The van der Waals surface area contributed by atoms with Crippen LogP contribution < -0.4 is 10.2 Å². The van der Waals surface area contributed by atoms with Gasteiger partial charge >= 0.3 is 6.03 Å². The van der Waals surface area contributed by atoms with Gasteiger partial charge in [-0.15, -0.1) is 0 Å². The van der Waals surface area contributed by atoms with Crippen molar-refractivity contribution >= 4 is 11.8 Å². The van der Waals surface area contributed by atoms with Crippen molar-refractivity contribution in [3.05, 3.63) is 18.6 Å². The van der Waals surface area contributed by atoms with Gasteiger partial charge in [0.25, 0.3) is 0 Å². The Morgan fingerprint density at radius 2 is 2.10 bits per heavy atom. The largest absolute Gasteiger partial charge is 0.352 e. The van der Waals surface area contributed by atoms with Crippen LogP contribution in [0.2, 0.25) is 0 Å². The highest BCUT2D eigenvalue weighted by Gasteiger charge is 2.22. The third-order valence-electron chi connectivity index (χ3n) is 3.53. The summed E-state index contributed by atoms with van der Waals surface area (Å²) >= 11 is 0. The SMILES string of the molecule is CCCC(C)NC(=O)N1CCN(c2cnccn2)CC1. The van der Waals surface area contributed by atoms with Crippen molar-refractivity contribution in [2.75, 3.05) is 31.1 Å². The minimum Gasteiger partial charge on any atom is -0.352 e. The number of hydrogen-bond donors (Lipinski definition) is 1. The van der Waals surface area contributed by atoms with Gasteiger partial charge < -0.3 is 15.1 Å². The second-order valence-electron chi connectivity index (χ2n) is 5.18. The van der Waals surface area contributed by atoms with Gasteiger partial charge in [0.2, 0.25) is 0 Å². The number of piperazine rings is 1. The second kappa shape index (κ2) is 7.07. The molecule has 2 amide bonds. The van der Waals surface area contributed by atoms with Crippen LogP contribution in [0, 0.1) is 0 Å². The van der Waals surface area contributed by atoms with Crippen molar-refractivity contribution < 1.29 is 4.79 Å². The maximum absolute atomic E-state index is 12.1. The second-order valence-corrected chi connectivity index (χ2v) is 5.18. The number of amides is 2. The van der Waals surface area contributed by atoms with E-state index in [9.17, 15) is 4.79 Å². The Labute approximate surface area is 120 Å². The van der Waals surface area contributed by atoms with Gasteiger partial charge in [-0.1, -0.05) is 13.3 Å². The highest BCUT2D eigenvalue weighted by molar-refractivity contribution is 5.74. The van der Waals surface area contributed by atoms with Crippen LogP contribution in [0.4, 0.5) is 10.6 Å². The molecule has 1 atom stereocenters. The first kappa shape index (κ1) is 14.6. The number of aromatic nitrogens is 2. The maximum atomic E-state index is 12.1. The molecule has 1 aromatic rings. The monoisotopic (exact) mass is 277 g/mol. The summed E-state index contributed by atoms with van der Waals surface area (Å²) in [7, 11) is 0. The minimum atomic E-state index is 0.0461. The van der Waals surface area contributed by atoms with Gasteiger partial charge in [0, 0.05) is 44.6 Å². The quantitative estimate of drug-likeness (QED) is 0.906. The van der Waals surface area contributed by atoms with Crippen molar-refractivity contribution in [2.45, 2.75) is 32.7 Å². The molecule has 1 saturated heterocycles. The summed E-state index contributed by atoms with van der Waals surface area (Å²) in [6.07, 6.45) is 7.23. The van der Waals surface area contributed by atoms with E-state index in [0.29, 0.717) is 0 Å². The molecule has 6 nitrogen and oxygen atoms in total. The zero-order valence-electron chi connectivity index (χ0n) is 12.2. The molecule has 1 fully saturated rings. The third kappa shape index (κ3) is 3.82. The fourth-order valence-corrected chi connectivity index (χ4v) is 2.40. The van der Waals surface area contributed by atoms with Gasteiger partial charge in [-0.3, -0.25) is 4.98 Å². The topological polar surface area (TPSA) is 61.4 Å². The third-order valence-corrected chi connectivity index (χ3v) is 3.53. The first-order valence-electron chi connectivity index (χ1n) is 7.27. The fourth-order valence-electron chi connectivity index (χ4n) is 2.40. The van der Waals surface area contributed by atoms with E-state index in [1.807, 2.05) is 4.90 Å². The number of carbonyl (C=O) groups excluding carboxylic acids is 1. The summed E-state index contributed by atoms with van der Waals surface area (Å²) in [5.74, 6) is 0.881. The summed E-state index contributed by atoms with van der Waals surface area (Å²) in [4.78, 5) is 24.5. The predicted molar refractivity (Wildman–Crippen MR) is 78.7 cm³/mol. The Balaban J connectivity index is 1.80. The molecule has 2 heterocycles. The van der Waals surface area contributed by atoms with Crippen LogP contribution in [0.15, 0.2) is 18.6 Å². The average molecular weight is 277 g/mol. The molecule has 110 valence electrons. The Hall–Kier alpha value is -1.85. The Morgan fingerprint density at radius 3 is 2.70 bits per heavy atom. The van der Waals surface area contributed by atoms with E-state index in [1.165, 1.54) is 0 Å². The van der Waals surface area contributed by atoms with Gasteiger partial charge in [-0.25, -0.2) is 9.78 Å². The summed E-state index contributed by atoms with van der Waals surface area (Å²) in [6, 6.07) is 0.287. The van der Waals surface area contributed by atoms with Gasteiger partial charge in [-0.2, -0.15) is 0 Å². The summed E-state index contributed by atoms with van der Waals surface area (Å²) in [6.45, 7) is 7.23. The van der Waals surface area contributed by atoms with Gasteiger partial charge in [0.1, 0.15) is 5.82 Å². The van der Waals surface area contributed by atoms with Gasteiger partial charge in [0.05, 0.1) is 6.20 Å². The number of carbonyl (C=O) groups is 1. The number of nitrogens with one attached hydrogen (secondary N) is 1. The summed E-state index contributed by atoms with van der Waals surface area (Å²) in [5.41, 5.74) is 0. The molecule has 20 heavy (non-hydrogen) atoms. The van der Waals surface area contributed by atoms with Crippen molar-refractivity contribution in [3.63, 3.8) is 0 Å². The van der Waals surface area contributed by atoms with Crippen LogP contribution in [-0.2, 0) is 0 Å². The Kier molecular flexibility index (Phi) is 5.15. The number of rotatable bonds is 4. The number of hydrogen-bond acceptors (Lipinski definition) is 4. The first-order chi connectivity index (χ1) is 9.70.